The van der Waals surface area contributed by atoms with Crippen LogP contribution in [-0.2, 0) is 13.1 Å². The van der Waals surface area contributed by atoms with Crippen molar-refractivity contribution < 1.29 is 0 Å². The molecule has 0 aromatic carbocycles. The van der Waals surface area contributed by atoms with Gasteiger partial charge in [0.1, 0.15) is 5.01 Å². The largest absolute Gasteiger partial charge is 0.325 e. The number of likely N-dealkylation sites (N-methyl/N-ethyl adjacent to an activating group) is 1. The van der Waals surface area contributed by atoms with Gasteiger partial charge in [0.25, 0.3) is 0 Å². The van der Waals surface area contributed by atoms with Crippen LogP contribution >= 0.6 is 11.3 Å². The topological polar surface area (TPSA) is 42.1 Å². The van der Waals surface area contributed by atoms with Crippen LogP contribution in [-0.4, -0.2) is 23.0 Å². The Balaban J connectivity index is 2.54. The van der Waals surface area contributed by atoms with Crippen molar-refractivity contribution in [2.24, 2.45) is 5.73 Å². The molecule has 2 N–H and O–H groups in total. The molecule has 0 saturated heterocycles. The molecular formula is C11H19N3S. The van der Waals surface area contributed by atoms with Crippen LogP contribution in [0.3, 0.4) is 0 Å². The minimum atomic E-state index is 0.539. The highest BCUT2D eigenvalue weighted by Crippen LogP contribution is 2.11. The van der Waals surface area contributed by atoms with Gasteiger partial charge < -0.3 is 5.73 Å². The SMILES string of the molecule is C=C(C)CN(CC)Cc1csc(CN)n1. The zero-order valence-electron chi connectivity index (χ0n) is 9.49. The molecular weight excluding hydrogens is 206 g/mol. The molecule has 0 aliphatic carbocycles. The van der Waals surface area contributed by atoms with Gasteiger partial charge in [-0.05, 0) is 13.5 Å². The lowest BCUT2D eigenvalue weighted by Crippen LogP contribution is -2.24. The second-order valence-electron chi connectivity index (χ2n) is 3.70. The lowest BCUT2D eigenvalue weighted by atomic mass is 10.3. The lowest BCUT2D eigenvalue weighted by Gasteiger charge is -2.18. The van der Waals surface area contributed by atoms with E-state index >= 15 is 0 Å². The molecule has 1 rings (SSSR count). The summed E-state index contributed by atoms with van der Waals surface area (Å²) in [5, 5.41) is 3.10. The number of thiazole rings is 1. The van der Waals surface area contributed by atoms with Gasteiger partial charge in [-0.15, -0.1) is 11.3 Å². The molecule has 1 aromatic heterocycles. The van der Waals surface area contributed by atoms with Crippen molar-refractivity contribution in [1.82, 2.24) is 9.88 Å². The maximum Gasteiger partial charge on any atom is 0.106 e. The third kappa shape index (κ3) is 4.11. The van der Waals surface area contributed by atoms with Crippen molar-refractivity contribution >= 4 is 11.3 Å². The molecule has 15 heavy (non-hydrogen) atoms. The van der Waals surface area contributed by atoms with E-state index in [9.17, 15) is 0 Å². The molecule has 4 heteroatoms. The number of rotatable bonds is 6. The smallest absolute Gasteiger partial charge is 0.106 e. The molecule has 0 fully saturated rings. The fourth-order valence-electron chi connectivity index (χ4n) is 1.41. The molecule has 3 nitrogen and oxygen atoms in total. The Bertz CT molecular complexity index is 319. The van der Waals surface area contributed by atoms with E-state index in [0.717, 1.165) is 30.3 Å². The van der Waals surface area contributed by atoms with Gasteiger partial charge in [-0.3, -0.25) is 4.90 Å². The normalized spacial score (nSPS) is 10.9. The second kappa shape index (κ2) is 6.00. The number of hydrogen-bond acceptors (Lipinski definition) is 4. The highest BCUT2D eigenvalue weighted by atomic mass is 32.1. The Morgan fingerprint density at radius 2 is 2.40 bits per heavy atom. The van der Waals surface area contributed by atoms with Gasteiger partial charge >= 0.3 is 0 Å². The molecule has 84 valence electrons. The highest BCUT2D eigenvalue weighted by Gasteiger charge is 2.06. The molecule has 1 aromatic rings. The minimum Gasteiger partial charge on any atom is -0.325 e. The van der Waals surface area contributed by atoms with Crippen LogP contribution in [0.25, 0.3) is 0 Å². The van der Waals surface area contributed by atoms with Crippen molar-refractivity contribution in [3.05, 3.63) is 28.2 Å². The third-order valence-electron chi connectivity index (χ3n) is 2.10. The Morgan fingerprint density at radius 3 is 2.87 bits per heavy atom. The van der Waals surface area contributed by atoms with Crippen LogP contribution in [0.5, 0.6) is 0 Å². The zero-order chi connectivity index (χ0) is 11.3. The fraction of sp³-hybridized carbons (Fsp3) is 0.545. The summed E-state index contributed by atoms with van der Waals surface area (Å²) in [5.41, 5.74) is 7.83. The minimum absolute atomic E-state index is 0.539. The summed E-state index contributed by atoms with van der Waals surface area (Å²) in [7, 11) is 0. The van der Waals surface area contributed by atoms with Gasteiger partial charge in [0.05, 0.1) is 5.69 Å². The van der Waals surface area contributed by atoms with Gasteiger partial charge in [0, 0.05) is 25.0 Å². The molecule has 1 heterocycles. The van der Waals surface area contributed by atoms with Crippen LogP contribution < -0.4 is 5.73 Å². The van der Waals surface area contributed by atoms with Gasteiger partial charge in [0.2, 0.25) is 0 Å². The number of aromatic nitrogens is 1. The van der Waals surface area contributed by atoms with E-state index in [1.807, 2.05) is 0 Å². The van der Waals surface area contributed by atoms with E-state index in [1.54, 1.807) is 11.3 Å². The molecule has 0 unspecified atom stereocenters. The van der Waals surface area contributed by atoms with Crippen LogP contribution in [0.2, 0.25) is 0 Å². The first-order valence-electron chi connectivity index (χ1n) is 5.15. The van der Waals surface area contributed by atoms with Gasteiger partial charge in [-0.1, -0.05) is 19.1 Å². The summed E-state index contributed by atoms with van der Waals surface area (Å²) < 4.78 is 0. The van der Waals surface area contributed by atoms with E-state index in [1.165, 1.54) is 5.57 Å². The fourth-order valence-corrected chi connectivity index (χ4v) is 2.07. The van der Waals surface area contributed by atoms with Gasteiger partial charge in [-0.25, -0.2) is 4.98 Å². The maximum atomic E-state index is 5.53. The molecule has 0 atom stereocenters. The Hall–Kier alpha value is -0.710. The standard InChI is InChI=1S/C11H19N3S/c1-4-14(6-9(2)3)7-10-8-15-11(5-12)13-10/h8H,2,4-7,12H2,1,3H3. The van der Waals surface area contributed by atoms with Gasteiger partial charge in [-0.2, -0.15) is 0 Å². The maximum absolute atomic E-state index is 5.53. The summed E-state index contributed by atoms with van der Waals surface area (Å²) in [6, 6.07) is 0. The molecule has 0 spiro atoms. The Kier molecular flexibility index (Phi) is 4.94. The summed E-state index contributed by atoms with van der Waals surface area (Å²) in [5.74, 6) is 0. The van der Waals surface area contributed by atoms with Crippen LogP contribution in [0.4, 0.5) is 0 Å². The molecule has 0 amide bonds. The first-order valence-corrected chi connectivity index (χ1v) is 6.03. The van der Waals surface area contributed by atoms with E-state index in [-0.39, 0.29) is 0 Å². The lowest BCUT2D eigenvalue weighted by molar-refractivity contribution is 0.301. The zero-order valence-corrected chi connectivity index (χ0v) is 10.3. The first kappa shape index (κ1) is 12.4. The van der Waals surface area contributed by atoms with E-state index < -0.39 is 0 Å². The van der Waals surface area contributed by atoms with Crippen molar-refractivity contribution in [2.45, 2.75) is 26.9 Å². The summed E-state index contributed by atoms with van der Waals surface area (Å²) in [4.78, 5) is 6.76. The average Bonchev–Trinajstić information content (AvgIpc) is 2.64. The number of hydrogen-bond donors (Lipinski definition) is 1. The monoisotopic (exact) mass is 225 g/mol. The molecule has 0 radical (unpaired) electrons. The summed E-state index contributed by atoms with van der Waals surface area (Å²) >= 11 is 1.64. The van der Waals surface area contributed by atoms with Crippen molar-refractivity contribution in [3.63, 3.8) is 0 Å². The molecule has 0 aliphatic rings. The van der Waals surface area contributed by atoms with E-state index in [4.69, 9.17) is 5.73 Å². The first-order chi connectivity index (χ1) is 7.15. The summed E-state index contributed by atoms with van der Waals surface area (Å²) in [6.45, 7) is 11.5. The number of nitrogens with two attached hydrogens (primary N) is 1. The summed E-state index contributed by atoms with van der Waals surface area (Å²) in [6.07, 6.45) is 0. The van der Waals surface area contributed by atoms with Crippen LogP contribution in [0, 0.1) is 0 Å². The van der Waals surface area contributed by atoms with Gasteiger partial charge in [0.15, 0.2) is 0 Å². The van der Waals surface area contributed by atoms with E-state index in [2.05, 4.69) is 35.7 Å². The Labute approximate surface area is 95.6 Å². The third-order valence-corrected chi connectivity index (χ3v) is 3.02. The quantitative estimate of drug-likeness (QED) is 0.753. The van der Waals surface area contributed by atoms with Crippen molar-refractivity contribution in [3.8, 4) is 0 Å². The van der Waals surface area contributed by atoms with Crippen molar-refractivity contribution in [1.29, 1.82) is 0 Å². The second-order valence-corrected chi connectivity index (χ2v) is 4.64. The number of nitrogens with zero attached hydrogens (tertiary/aromatic N) is 2. The Morgan fingerprint density at radius 1 is 1.67 bits per heavy atom. The van der Waals surface area contributed by atoms with Crippen molar-refractivity contribution in [2.75, 3.05) is 13.1 Å². The molecule has 0 aliphatic heterocycles. The van der Waals surface area contributed by atoms with E-state index in [0.29, 0.717) is 6.54 Å². The predicted molar refractivity (Wildman–Crippen MR) is 65.8 cm³/mol. The van der Waals surface area contributed by atoms with Crippen LogP contribution in [0.15, 0.2) is 17.5 Å². The predicted octanol–water partition coefficient (Wildman–Crippen LogP) is 2.00. The van der Waals surface area contributed by atoms with Crippen LogP contribution in [0.1, 0.15) is 24.5 Å². The molecule has 0 bridgehead atoms. The highest BCUT2D eigenvalue weighted by molar-refractivity contribution is 7.09. The molecule has 0 saturated carbocycles. The average molecular weight is 225 g/mol.